The number of aromatic nitrogens is 1. The fourth-order valence-electron chi connectivity index (χ4n) is 1.75. The average Bonchev–Trinajstić information content (AvgIpc) is 3.07. The Bertz CT molecular complexity index is 725. The number of nitrogens with zero attached hydrogens (tertiary/aromatic N) is 1. The summed E-state index contributed by atoms with van der Waals surface area (Å²) in [5, 5.41) is 15.0. The molecule has 0 saturated carbocycles. The molecule has 19 heavy (non-hydrogen) atoms. The topological polar surface area (TPSA) is 63.3 Å². The zero-order valence-electron chi connectivity index (χ0n) is 9.91. The number of hydrogen-bond acceptors (Lipinski definition) is 5. The Morgan fingerprint density at radius 1 is 1.42 bits per heavy atom. The first-order valence-electron chi connectivity index (χ1n) is 5.48. The highest BCUT2D eigenvalue weighted by Crippen LogP contribution is 2.34. The van der Waals surface area contributed by atoms with Crippen LogP contribution in [0.25, 0.3) is 22.1 Å². The van der Waals surface area contributed by atoms with Crippen molar-refractivity contribution < 1.29 is 14.3 Å². The van der Waals surface area contributed by atoms with E-state index in [9.17, 15) is 9.90 Å². The number of thiophene rings is 2. The van der Waals surface area contributed by atoms with Crippen LogP contribution in [0.15, 0.2) is 32.7 Å². The SMILES string of the molecule is Cc1cscc1-c1oc(-c2cccs2)nc1C(=O)O. The normalized spacial score (nSPS) is 10.8. The van der Waals surface area contributed by atoms with E-state index in [1.54, 1.807) is 0 Å². The molecule has 0 spiro atoms. The molecular formula is C13H9NO3S2. The minimum absolute atomic E-state index is 0.0371. The maximum atomic E-state index is 11.3. The van der Waals surface area contributed by atoms with Gasteiger partial charge < -0.3 is 9.52 Å². The van der Waals surface area contributed by atoms with Crippen molar-refractivity contribution in [1.82, 2.24) is 4.98 Å². The zero-order chi connectivity index (χ0) is 13.4. The second-order valence-corrected chi connectivity index (χ2v) is 5.64. The molecule has 0 amide bonds. The molecule has 0 aliphatic carbocycles. The molecule has 0 aromatic carbocycles. The number of rotatable bonds is 3. The lowest BCUT2D eigenvalue weighted by atomic mass is 10.1. The molecule has 0 atom stereocenters. The second kappa shape index (κ2) is 4.64. The van der Waals surface area contributed by atoms with Crippen LogP contribution in [0.5, 0.6) is 0 Å². The summed E-state index contributed by atoms with van der Waals surface area (Å²) < 4.78 is 5.67. The molecule has 0 radical (unpaired) electrons. The Kier molecular flexibility index (Phi) is 2.96. The number of aromatic carboxylic acids is 1. The third-order valence-electron chi connectivity index (χ3n) is 2.66. The standard InChI is InChI=1S/C13H9NO3S2/c1-7-5-18-6-8(7)11-10(13(15)16)14-12(17-11)9-3-2-4-19-9/h2-6H,1H3,(H,15,16). The average molecular weight is 291 g/mol. The van der Waals surface area contributed by atoms with Crippen molar-refractivity contribution in [2.45, 2.75) is 6.92 Å². The molecule has 0 aliphatic rings. The van der Waals surface area contributed by atoms with Crippen molar-refractivity contribution in [3.05, 3.63) is 39.5 Å². The molecule has 1 N–H and O–H groups in total. The van der Waals surface area contributed by atoms with Gasteiger partial charge in [0.1, 0.15) is 0 Å². The van der Waals surface area contributed by atoms with Gasteiger partial charge in [-0.05, 0) is 29.3 Å². The van der Waals surface area contributed by atoms with Gasteiger partial charge in [-0.3, -0.25) is 0 Å². The van der Waals surface area contributed by atoms with Crippen LogP contribution in [0.1, 0.15) is 16.1 Å². The van der Waals surface area contributed by atoms with Crippen molar-refractivity contribution in [3.8, 4) is 22.1 Å². The lowest BCUT2D eigenvalue weighted by molar-refractivity contribution is 0.0691. The van der Waals surface area contributed by atoms with E-state index >= 15 is 0 Å². The molecule has 0 fully saturated rings. The first kappa shape index (κ1) is 12.1. The summed E-state index contributed by atoms with van der Waals surface area (Å²) in [7, 11) is 0. The third-order valence-corrected chi connectivity index (χ3v) is 4.38. The predicted molar refractivity (Wildman–Crippen MR) is 74.8 cm³/mol. The Labute approximate surface area is 117 Å². The smallest absolute Gasteiger partial charge is 0.358 e. The lowest BCUT2D eigenvalue weighted by Crippen LogP contribution is -1.98. The number of oxazole rings is 1. The van der Waals surface area contributed by atoms with Gasteiger partial charge in [0.2, 0.25) is 5.89 Å². The fourth-order valence-corrected chi connectivity index (χ4v) is 3.22. The highest BCUT2D eigenvalue weighted by atomic mass is 32.1. The zero-order valence-corrected chi connectivity index (χ0v) is 11.5. The van der Waals surface area contributed by atoms with Crippen LogP contribution in [0.3, 0.4) is 0 Å². The minimum atomic E-state index is -1.08. The van der Waals surface area contributed by atoms with E-state index in [-0.39, 0.29) is 5.69 Å². The van der Waals surface area contributed by atoms with E-state index in [1.807, 2.05) is 35.2 Å². The lowest BCUT2D eigenvalue weighted by Gasteiger charge is -1.95. The van der Waals surface area contributed by atoms with Crippen molar-refractivity contribution in [3.63, 3.8) is 0 Å². The van der Waals surface area contributed by atoms with Gasteiger partial charge in [0, 0.05) is 10.9 Å². The Balaban J connectivity index is 2.19. The fraction of sp³-hybridized carbons (Fsp3) is 0.0769. The van der Waals surface area contributed by atoms with Gasteiger partial charge in [-0.25, -0.2) is 9.78 Å². The summed E-state index contributed by atoms with van der Waals surface area (Å²) in [6.07, 6.45) is 0. The van der Waals surface area contributed by atoms with Crippen molar-refractivity contribution in [2.75, 3.05) is 0 Å². The summed E-state index contributed by atoms with van der Waals surface area (Å²) in [5.41, 5.74) is 1.74. The number of carbonyl (C=O) groups is 1. The third kappa shape index (κ3) is 2.09. The van der Waals surface area contributed by atoms with Crippen molar-refractivity contribution >= 4 is 28.6 Å². The van der Waals surface area contributed by atoms with Crippen LogP contribution in [-0.2, 0) is 0 Å². The second-order valence-electron chi connectivity index (χ2n) is 3.95. The van der Waals surface area contributed by atoms with Gasteiger partial charge >= 0.3 is 5.97 Å². The monoisotopic (exact) mass is 291 g/mol. The Morgan fingerprint density at radius 2 is 2.26 bits per heavy atom. The van der Waals surface area contributed by atoms with Crippen LogP contribution in [0.2, 0.25) is 0 Å². The van der Waals surface area contributed by atoms with Crippen LogP contribution < -0.4 is 0 Å². The van der Waals surface area contributed by atoms with E-state index in [0.29, 0.717) is 11.7 Å². The van der Waals surface area contributed by atoms with Crippen molar-refractivity contribution in [2.24, 2.45) is 0 Å². The molecule has 3 heterocycles. The van der Waals surface area contributed by atoms with E-state index in [4.69, 9.17) is 4.42 Å². The van der Waals surface area contributed by atoms with Crippen LogP contribution in [-0.4, -0.2) is 16.1 Å². The highest BCUT2D eigenvalue weighted by Gasteiger charge is 2.23. The summed E-state index contributed by atoms with van der Waals surface area (Å²) >= 11 is 2.97. The number of hydrogen-bond donors (Lipinski definition) is 1. The first-order valence-corrected chi connectivity index (χ1v) is 7.30. The molecule has 0 aliphatic heterocycles. The van der Waals surface area contributed by atoms with Crippen LogP contribution in [0.4, 0.5) is 0 Å². The summed E-state index contributed by atoms with van der Waals surface area (Å²) in [6.45, 7) is 1.92. The number of carboxylic acid groups (broad SMARTS) is 1. The van der Waals surface area contributed by atoms with Gasteiger partial charge in [0.05, 0.1) is 4.88 Å². The van der Waals surface area contributed by atoms with Gasteiger partial charge in [-0.1, -0.05) is 6.07 Å². The van der Waals surface area contributed by atoms with E-state index in [2.05, 4.69) is 4.98 Å². The molecule has 3 aromatic rings. The van der Waals surface area contributed by atoms with E-state index in [0.717, 1.165) is 16.0 Å². The number of aryl methyl sites for hydroxylation is 1. The Hall–Kier alpha value is -1.92. The van der Waals surface area contributed by atoms with Crippen LogP contribution >= 0.6 is 22.7 Å². The highest BCUT2D eigenvalue weighted by molar-refractivity contribution is 7.13. The molecule has 0 unspecified atom stereocenters. The first-order chi connectivity index (χ1) is 9.16. The Morgan fingerprint density at radius 3 is 2.84 bits per heavy atom. The molecule has 3 aromatic heterocycles. The molecule has 0 saturated heterocycles. The molecule has 96 valence electrons. The van der Waals surface area contributed by atoms with E-state index in [1.165, 1.54) is 22.7 Å². The van der Waals surface area contributed by atoms with Gasteiger partial charge in [-0.2, -0.15) is 11.3 Å². The quantitative estimate of drug-likeness (QED) is 0.787. The van der Waals surface area contributed by atoms with Crippen molar-refractivity contribution in [1.29, 1.82) is 0 Å². The van der Waals surface area contributed by atoms with Gasteiger partial charge in [0.25, 0.3) is 0 Å². The van der Waals surface area contributed by atoms with Gasteiger partial charge in [-0.15, -0.1) is 11.3 Å². The maximum absolute atomic E-state index is 11.3. The molecule has 3 rings (SSSR count). The summed E-state index contributed by atoms with van der Waals surface area (Å²) in [4.78, 5) is 16.2. The van der Waals surface area contributed by atoms with E-state index < -0.39 is 5.97 Å². The minimum Gasteiger partial charge on any atom is -0.476 e. The molecule has 6 heteroatoms. The largest absolute Gasteiger partial charge is 0.476 e. The molecule has 4 nitrogen and oxygen atoms in total. The van der Waals surface area contributed by atoms with Crippen LogP contribution in [0, 0.1) is 6.92 Å². The summed E-state index contributed by atoms with van der Waals surface area (Å²) in [6, 6.07) is 3.73. The molecule has 0 bridgehead atoms. The number of carboxylic acids is 1. The summed E-state index contributed by atoms with van der Waals surface area (Å²) in [5.74, 6) is -0.394. The predicted octanol–water partition coefficient (Wildman–Crippen LogP) is 4.14. The molecular weight excluding hydrogens is 282 g/mol. The maximum Gasteiger partial charge on any atom is 0.358 e. The van der Waals surface area contributed by atoms with Gasteiger partial charge in [0.15, 0.2) is 11.5 Å².